The molecular weight excluding hydrogens is 316 g/mol. The zero-order chi connectivity index (χ0) is 17.0. The fourth-order valence-electron chi connectivity index (χ4n) is 2.21. The Morgan fingerprint density at radius 1 is 1.17 bits per heavy atom. The third-order valence-corrected chi connectivity index (χ3v) is 4.84. The molecule has 0 radical (unpaired) electrons. The number of rotatable bonds is 6. The molecule has 0 fully saturated rings. The minimum atomic E-state index is -3.61. The van der Waals surface area contributed by atoms with Crippen LogP contribution in [0.25, 0.3) is 0 Å². The van der Waals surface area contributed by atoms with Gasteiger partial charge in [-0.2, -0.15) is 0 Å². The Morgan fingerprint density at radius 2 is 1.83 bits per heavy atom. The first-order valence-corrected chi connectivity index (χ1v) is 8.72. The van der Waals surface area contributed by atoms with E-state index in [2.05, 4.69) is 4.72 Å². The van der Waals surface area contributed by atoms with E-state index in [1.807, 2.05) is 31.2 Å². The van der Waals surface area contributed by atoms with Gasteiger partial charge >= 0.3 is 0 Å². The Morgan fingerprint density at radius 3 is 2.43 bits per heavy atom. The summed E-state index contributed by atoms with van der Waals surface area (Å²) in [7, 11) is -3.61. The largest absolute Gasteiger partial charge is 0.269 e. The molecule has 0 aliphatic rings. The normalized spacial score (nSPS) is 12.8. The van der Waals surface area contributed by atoms with Gasteiger partial charge in [-0.3, -0.25) is 10.1 Å². The Hall–Kier alpha value is -2.25. The van der Waals surface area contributed by atoms with Gasteiger partial charge in [0.2, 0.25) is 10.0 Å². The van der Waals surface area contributed by atoms with Gasteiger partial charge in [-0.1, -0.05) is 42.0 Å². The van der Waals surface area contributed by atoms with E-state index in [4.69, 9.17) is 0 Å². The number of benzene rings is 2. The van der Waals surface area contributed by atoms with Crippen LogP contribution in [-0.4, -0.2) is 13.3 Å². The van der Waals surface area contributed by atoms with Crippen molar-refractivity contribution >= 4 is 15.7 Å². The number of non-ortho nitro benzene ring substituents is 1. The van der Waals surface area contributed by atoms with Gasteiger partial charge in [-0.15, -0.1) is 0 Å². The van der Waals surface area contributed by atoms with Crippen LogP contribution in [0.15, 0.2) is 48.5 Å². The van der Waals surface area contributed by atoms with Crippen molar-refractivity contribution in [2.45, 2.75) is 25.6 Å². The number of nitro groups is 1. The van der Waals surface area contributed by atoms with Gasteiger partial charge in [0, 0.05) is 18.2 Å². The van der Waals surface area contributed by atoms with Crippen molar-refractivity contribution in [2.24, 2.45) is 0 Å². The molecule has 0 spiro atoms. The molecule has 2 rings (SSSR count). The van der Waals surface area contributed by atoms with Crippen molar-refractivity contribution in [1.82, 2.24) is 4.72 Å². The van der Waals surface area contributed by atoms with Crippen molar-refractivity contribution in [3.63, 3.8) is 0 Å². The van der Waals surface area contributed by atoms with Crippen LogP contribution in [0.4, 0.5) is 5.69 Å². The summed E-state index contributed by atoms with van der Waals surface area (Å²) in [5.74, 6) is -0.301. The first kappa shape index (κ1) is 17.1. The lowest BCUT2D eigenvalue weighted by atomic mass is 10.1. The SMILES string of the molecule is Cc1ccc([C@H](C)NS(=O)(=O)Cc2cccc([N+](=O)[O-])c2)cc1. The van der Waals surface area contributed by atoms with E-state index in [9.17, 15) is 18.5 Å². The van der Waals surface area contributed by atoms with Gasteiger partial charge in [0.05, 0.1) is 10.7 Å². The number of hydrogen-bond acceptors (Lipinski definition) is 4. The molecule has 0 aliphatic heterocycles. The number of nitro benzene ring substituents is 1. The Kier molecular flexibility index (Phi) is 5.12. The number of aryl methyl sites for hydroxylation is 1. The lowest BCUT2D eigenvalue weighted by Gasteiger charge is -2.15. The van der Waals surface area contributed by atoms with Gasteiger partial charge in [0.1, 0.15) is 0 Å². The molecule has 0 unspecified atom stereocenters. The third kappa shape index (κ3) is 4.87. The van der Waals surface area contributed by atoms with Gasteiger partial charge in [0.15, 0.2) is 0 Å². The standard InChI is InChI=1S/C16H18N2O4S/c1-12-6-8-15(9-7-12)13(2)17-23(21,22)11-14-4-3-5-16(10-14)18(19)20/h3-10,13,17H,11H2,1-2H3/t13-/m0/s1. The minimum Gasteiger partial charge on any atom is -0.258 e. The first-order valence-electron chi connectivity index (χ1n) is 7.07. The highest BCUT2D eigenvalue weighted by Crippen LogP contribution is 2.18. The highest BCUT2D eigenvalue weighted by molar-refractivity contribution is 7.88. The van der Waals surface area contributed by atoms with Gasteiger partial charge in [-0.05, 0) is 25.0 Å². The van der Waals surface area contributed by atoms with Crippen LogP contribution in [0.3, 0.4) is 0 Å². The fourth-order valence-corrected chi connectivity index (χ4v) is 3.59. The molecule has 0 bridgehead atoms. The van der Waals surface area contributed by atoms with E-state index in [1.165, 1.54) is 18.2 Å². The van der Waals surface area contributed by atoms with E-state index < -0.39 is 14.9 Å². The molecule has 0 amide bonds. The lowest BCUT2D eigenvalue weighted by molar-refractivity contribution is -0.384. The maximum Gasteiger partial charge on any atom is 0.269 e. The summed E-state index contributed by atoms with van der Waals surface area (Å²) in [6.07, 6.45) is 0. The van der Waals surface area contributed by atoms with Crippen LogP contribution in [0.2, 0.25) is 0 Å². The Labute approximate surface area is 135 Å². The lowest BCUT2D eigenvalue weighted by Crippen LogP contribution is -2.28. The van der Waals surface area contributed by atoms with Crippen molar-refractivity contribution in [1.29, 1.82) is 0 Å². The topological polar surface area (TPSA) is 89.3 Å². The van der Waals surface area contributed by atoms with E-state index in [0.29, 0.717) is 5.56 Å². The monoisotopic (exact) mass is 334 g/mol. The maximum absolute atomic E-state index is 12.3. The first-order chi connectivity index (χ1) is 10.8. The number of sulfonamides is 1. The summed E-state index contributed by atoms with van der Waals surface area (Å²) in [4.78, 5) is 10.2. The molecule has 2 aromatic rings. The molecule has 0 saturated carbocycles. The Bertz CT molecular complexity index is 801. The quantitative estimate of drug-likeness (QED) is 0.649. The van der Waals surface area contributed by atoms with E-state index >= 15 is 0 Å². The highest BCUT2D eigenvalue weighted by Gasteiger charge is 2.18. The van der Waals surface area contributed by atoms with Crippen LogP contribution >= 0.6 is 0 Å². The average molecular weight is 334 g/mol. The summed E-state index contributed by atoms with van der Waals surface area (Å²) in [5, 5.41) is 10.7. The van der Waals surface area contributed by atoms with Crippen LogP contribution < -0.4 is 4.72 Å². The number of nitrogens with one attached hydrogen (secondary N) is 1. The smallest absolute Gasteiger partial charge is 0.258 e. The summed E-state index contributed by atoms with van der Waals surface area (Å²) >= 11 is 0. The fraction of sp³-hybridized carbons (Fsp3) is 0.250. The van der Waals surface area contributed by atoms with E-state index in [0.717, 1.165) is 11.1 Å². The van der Waals surface area contributed by atoms with Crippen molar-refractivity contribution in [2.75, 3.05) is 0 Å². The van der Waals surface area contributed by atoms with E-state index in [1.54, 1.807) is 13.0 Å². The van der Waals surface area contributed by atoms with Crippen molar-refractivity contribution < 1.29 is 13.3 Å². The minimum absolute atomic E-state index is 0.121. The van der Waals surface area contributed by atoms with Crippen molar-refractivity contribution in [3.8, 4) is 0 Å². The molecule has 23 heavy (non-hydrogen) atoms. The average Bonchev–Trinajstić information content (AvgIpc) is 2.47. The third-order valence-electron chi connectivity index (χ3n) is 3.41. The molecule has 0 saturated heterocycles. The van der Waals surface area contributed by atoms with Crippen LogP contribution in [-0.2, 0) is 15.8 Å². The molecule has 0 aliphatic carbocycles. The molecule has 7 heteroatoms. The van der Waals surface area contributed by atoms with Crippen LogP contribution in [0.1, 0.15) is 29.7 Å². The van der Waals surface area contributed by atoms with Crippen molar-refractivity contribution in [3.05, 3.63) is 75.3 Å². The molecule has 2 aromatic carbocycles. The maximum atomic E-state index is 12.3. The summed E-state index contributed by atoms with van der Waals surface area (Å²) in [6.45, 7) is 3.72. The molecule has 122 valence electrons. The molecule has 6 nitrogen and oxygen atoms in total. The van der Waals surface area contributed by atoms with Gasteiger partial charge in [0.25, 0.3) is 5.69 Å². The number of nitrogens with zero attached hydrogens (tertiary/aromatic N) is 1. The zero-order valence-electron chi connectivity index (χ0n) is 12.9. The second-order valence-corrected chi connectivity index (χ2v) is 7.19. The molecule has 1 atom stereocenters. The predicted molar refractivity (Wildman–Crippen MR) is 88.4 cm³/mol. The summed E-state index contributed by atoms with van der Waals surface area (Å²) in [6, 6.07) is 12.8. The predicted octanol–water partition coefficient (Wildman–Crippen LogP) is 3.08. The van der Waals surface area contributed by atoms with Crippen LogP contribution in [0, 0.1) is 17.0 Å². The summed E-state index contributed by atoms with van der Waals surface area (Å²) < 4.78 is 27.1. The van der Waals surface area contributed by atoms with Gasteiger partial charge < -0.3 is 0 Å². The number of hydrogen-bond donors (Lipinski definition) is 1. The molecule has 1 N–H and O–H groups in total. The second kappa shape index (κ2) is 6.89. The summed E-state index contributed by atoms with van der Waals surface area (Å²) in [5.41, 5.74) is 2.21. The molecular formula is C16H18N2O4S. The molecule has 0 heterocycles. The second-order valence-electron chi connectivity index (χ2n) is 5.44. The zero-order valence-corrected chi connectivity index (χ0v) is 13.7. The van der Waals surface area contributed by atoms with E-state index in [-0.39, 0.29) is 17.5 Å². The molecule has 0 aromatic heterocycles. The highest BCUT2D eigenvalue weighted by atomic mass is 32.2. The van der Waals surface area contributed by atoms with Gasteiger partial charge in [-0.25, -0.2) is 13.1 Å². The van der Waals surface area contributed by atoms with Crippen LogP contribution in [0.5, 0.6) is 0 Å². The Balaban J connectivity index is 2.11.